The first-order valence-corrected chi connectivity index (χ1v) is 9.87. The summed E-state index contributed by atoms with van der Waals surface area (Å²) in [7, 11) is -2.46. The van der Waals surface area contributed by atoms with E-state index in [4.69, 9.17) is 4.52 Å². The Labute approximate surface area is 161 Å². The first-order chi connectivity index (χ1) is 13.5. The first-order valence-electron chi connectivity index (χ1n) is 8.39. The minimum Gasteiger partial charge on any atom is -0.492 e. The van der Waals surface area contributed by atoms with E-state index < -0.39 is 20.7 Å². The maximum atomic E-state index is 12.8. The fourth-order valence-corrected chi connectivity index (χ4v) is 4.34. The Kier molecular flexibility index (Phi) is 4.44. The van der Waals surface area contributed by atoms with Crippen molar-refractivity contribution in [2.45, 2.75) is 11.3 Å². The number of aliphatic hydroxyl groups excluding tert-OH is 1. The average molecular weight is 396 g/mol. The molecule has 0 unspecified atom stereocenters. The summed E-state index contributed by atoms with van der Waals surface area (Å²) < 4.78 is 30.8. The average Bonchev–Trinajstić information content (AvgIpc) is 3.14. The number of nitrogens with zero attached hydrogens (tertiary/aromatic N) is 4. The third kappa shape index (κ3) is 3.16. The molecule has 0 bridgehead atoms. The normalized spacial score (nSPS) is 15.8. The second-order valence-electron chi connectivity index (χ2n) is 6.17. The minimum atomic E-state index is -4.01. The van der Waals surface area contributed by atoms with Crippen molar-refractivity contribution < 1.29 is 18.0 Å². The topological polar surface area (TPSA) is 108 Å². The Morgan fingerprint density at radius 2 is 1.79 bits per heavy atom. The van der Waals surface area contributed by atoms with E-state index in [2.05, 4.69) is 15.4 Å². The number of benzene rings is 2. The number of sulfone groups is 1. The van der Waals surface area contributed by atoms with Crippen LogP contribution in [0.5, 0.6) is 0 Å². The van der Waals surface area contributed by atoms with Crippen LogP contribution in [-0.4, -0.2) is 25.7 Å². The number of azo groups is 1. The first kappa shape index (κ1) is 17.9. The number of rotatable bonds is 4. The molecule has 0 spiro atoms. The lowest BCUT2D eigenvalue weighted by Crippen LogP contribution is -2.27. The third-order valence-corrected chi connectivity index (χ3v) is 5.99. The van der Waals surface area contributed by atoms with Crippen LogP contribution in [0, 0.1) is 0 Å². The number of aromatic nitrogens is 1. The summed E-state index contributed by atoms with van der Waals surface area (Å²) >= 11 is 0. The molecule has 1 aliphatic heterocycles. The lowest BCUT2D eigenvalue weighted by Gasteiger charge is -2.26. The van der Waals surface area contributed by atoms with Gasteiger partial charge in [0.2, 0.25) is 26.6 Å². The van der Waals surface area contributed by atoms with Gasteiger partial charge in [0.05, 0.1) is 10.6 Å². The van der Waals surface area contributed by atoms with Crippen LogP contribution in [0.2, 0.25) is 0 Å². The predicted molar refractivity (Wildman–Crippen MR) is 102 cm³/mol. The zero-order valence-corrected chi connectivity index (χ0v) is 15.7. The summed E-state index contributed by atoms with van der Waals surface area (Å²) in [6, 6.07) is 17.6. The fourth-order valence-electron chi connectivity index (χ4n) is 2.87. The lowest BCUT2D eigenvalue weighted by molar-refractivity contribution is 0.387. The molecule has 2 heterocycles. The zero-order valence-electron chi connectivity index (χ0n) is 14.8. The summed E-state index contributed by atoms with van der Waals surface area (Å²) in [6.07, 6.45) is 0.520. The minimum absolute atomic E-state index is 0.0502. The zero-order chi connectivity index (χ0) is 19.7. The van der Waals surface area contributed by atoms with E-state index in [9.17, 15) is 13.5 Å². The molecule has 0 atom stereocenters. The molecule has 2 aromatic carbocycles. The highest BCUT2D eigenvalue weighted by atomic mass is 32.2. The molecule has 1 aliphatic rings. The van der Waals surface area contributed by atoms with Gasteiger partial charge in [-0.05, 0) is 17.7 Å². The van der Waals surface area contributed by atoms with E-state index in [0.29, 0.717) is 17.9 Å². The number of anilines is 1. The van der Waals surface area contributed by atoms with Crippen molar-refractivity contribution in [2.75, 3.05) is 11.9 Å². The van der Waals surface area contributed by atoms with Crippen molar-refractivity contribution >= 4 is 21.3 Å². The van der Waals surface area contributed by atoms with Crippen LogP contribution in [0.1, 0.15) is 11.3 Å². The smallest absolute Gasteiger partial charge is 0.242 e. The van der Waals surface area contributed by atoms with Crippen LogP contribution in [0.15, 0.2) is 91.2 Å². The second-order valence-corrected chi connectivity index (χ2v) is 8.01. The van der Waals surface area contributed by atoms with E-state index in [0.717, 1.165) is 5.56 Å². The highest BCUT2D eigenvalue weighted by Crippen LogP contribution is 2.37. The maximum absolute atomic E-state index is 12.8. The number of aliphatic hydroxyl groups is 1. The summed E-state index contributed by atoms with van der Waals surface area (Å²) in [5.41, 5.74) is 1.40. The number of hydrogen-bond donors (Lipinski definition) is 1. The molecular weight excluding hydrogens is 380 g/mol. The Bertz CT molecular complexity index is 1180. The maximum Gasteiger partial charge on any atom is 0.242 e. The van der Waals surface area contributed by atoms with Crippen LogP contribution in [0.3, 0.4) is 0 Å². The summed E-state index contributed by atoms with van der Waals surface area (Å²) in [5.74, 6) is 0.172. The molecule has 8 nitrogen and oxygen atoms in total. The van der Waals surface area contributed by atoms with E-state index >= 15 is 0 Å². The molecule has 0 saturated carbocycles. The van der Waals surface area contributed by atoms with E-state index in [-0.39, 0.29) is 10.7 Å². The summed E-state index contributed by atoms with van der Waals surface area (Å²) in [5, 5.41) is 21.2. The van der Waals surface area contributed by atoms with E-state index in [1.807, 2.05) is 30.3 Å². The Balaban J connectivity index is 1.62. The molecule has 9 heteroatoms. The summed E-state index contributed by atoms with van der Waals surface area (Å²) in [4.78, 5) is 1.39. The molecule has 4 rings (SSSR count). The predicted octanol–water partition coefficient (Wildman–Crippen LogP) is 3.96. The van der Waals surface area contributed by atoms with E-state index in [1.54, 1.807) is 31.3 Å². The van der Waals surface area contributed by atoms with Crippen LogP contribution in [-0.2, 0) is 16.3 Å². The SMILES string of the molecule is CN1C(O)=C(N=Nc2cc(Cc3ccccc3)on2)S(=O)(=O)c2ccccc21. The molecule has 28 heavy (non-hydrogen) atoms. The van der Waals surface area contributed by atoms with Gasteiger partial charge in [0.25, 0.3) is 0 Å². The molecule has 0 fully saturated rings. The summed E-state index contributed by atoms with van der Waals surface area (Å²) in [6.45, 7) is 0. The van der Waals surface area contributed by atoms with Crippen molar-refractivity contribution in [2.24, 2.45) is 10.2 Å². The van der Waals surface area contributed by atoms with Crippen molar-refractivity contribution in [3.63, 3.8) is 0 Å². The Morgan fingerprint density at radius 1 is 1.07 bits per heavy atom. The van der Waals surface area contributed by atoms with Crippen LogP contribution in [0.4, 0.5) is 11.5 Å². The van der Waals surface area contributed by atoms with Gasteiger partial charge in [0.1, 0.15) is 5.76 Å². The van der Waals surface area contributed by atoms with Crippen molar-refractivity contribution in [1.82, 2.24) is 5.16 Å². The molecule has 0 aliphatic carbocycles. The van der Waals surface area contributed by atoms with E-state index in [1.165, 1.54) is 11.0 Å². The largest absolute Gasteiger partial charge is 0.492 e. The van der Waals surface area contributed by atoms with Crippen molar-refractivity contribution in [1.29, 1.82) is 0 Å². The van der Waals surface area contributed by atoms with Gasteiger partial charge in [-0.2, -0.15) is 0 Å². The quantitative estimate of drug-likeness (QED) is 0.669. The Morgan fingerprint density at radius 3 is 2.57 bits per heavy atom. The molecule has 1 aromatic heterocycles. The molecule has 3 aromatic rings. The third-order valence-electron chi connectivity index (χ3n) is 4.29. The molecular formula is C19H16N4O4S. The van der Waals surface area contributed by atoms with Gasteiger partial charge in [-0.15, -0.1) is 10.2 Å². The Hall–Kier alpha value is -3.46. The molecule has 0 radical (unpaired) electrons. The standard InChI is InChI=1S/C19H16N4O4S/c1-23-15-9-5-6-10-16(15)28(25,26)18(19(23)24)21-20-17-12-14(27-22-17)11-13-7-3-2-4-8-13/h2-10,12,24H,11H2,1H3. The number of hydrogen-bond acceptors (Lipinski definition) is 8. The van der Waals surface area contributed by atoms with Crippen molar-refractivity contribution in [3.05, 3.63) is 82.9 Å². The van der Waals surface area contributed by atoms with Gasteiger partial charge < -0.3 is 14.5 Å². The molecule has 1 N–H and O–H groups in total. The molecule has 0 saturated heterocycles. The van der Waals surface area contributed by atoms with Gasteiger partial charge in [0, 0.05) is 19.5 Å². The van der Waals surface area contributed by atoms with Crippen LogP contribution in [0.25, 0.3) is 0 Å². The highest BCUT2D eigenvalue weighted by Gasteiger charge is 2.35. The fraction of sp³-hybridized carbons (Fsp3) is 0.105. The van der Waals surface area contributed by atoms with Gasteiger partial charge in [0.15, 0.2) is 0 Å². The second kappa shape index (κ2) is 6.93. The lowest BCUT2D eigenvalue weighted by atomic mass is 10.1. The monoisotopic (exact) mass is 396 g/mol. The van der Waals surface area contributed by atoms with Gasteiger partial charge in [-0.1, -0.05) is 47.6 Å². The van der Waals surface area contributed by atoms with Crippen LogP contribution >= 0.6 is 0 Å². The number of fused-ring (bicyclic) bond motifs is 1. The van der Waals surface area contributed by atoms with Gasteiger partial charge in [-0.3, -0.25) is 0 Å². The highest BCUT2D eigenvalue weighted by molar-refractivity contribution is 7.95. The van der Waals surface area contributed by atoms with Gasteiger partial charge >= 0.3 is 0 Å². The number of para-hydroxylation sites is 1. The van der Waals surface area contributed by atoms with Crippen molar-refractivity contribution in [3.8, 4) is 0 Å². The van der Waals surface area contributed by atoms with Gasteiger partial charge in [-0.25, -0.2) is 8.42 Å². The molecule has 142 valence electrons. The molecule has 0 amide bonds. The van der Waals surface area contributed by atoms with Crippen LogP contribution < -0.4 is 4.90 Å².